The SMILES string of the molecule is O=C(O)COc1ccc(-c2ccncc2)cc1. The van der Waals surface area contributed by atoms with Crippen LogP contribution in [0, 0.1) is 0 Å². The van der Waals surface area contributed by atoms with Crippen LogP contribution in [0.4, 0.5) is 0 Å². The molecule has 1 heterocycles. The Morgan fingerprint density at radius 3 is 2.24 bits per heavy atom. The molecule has 0 unspecified atom stereocenters. The minimum absolute atomic E-state index is 0.325. The lowest BCUT2D eigenvalue weighted by atomic mass is 10.1. The van der Waals surface area contributed by atoms with Gasteiger partial charge in [-0.3, -0.25) is 4.98 Å². The van der Waals surface area contributed by atoms with E-state index in [1.165, 1.54) is 0 Å². The van der Waals surface area contributed by atoms with E-state index < -0.39 is 5.97 Å². The van der Waals surface area contributed by atoms with Crippen LogP contribution in [0.15, 0.2) is 48.8 Å². The fourth-order valence-corrected chi connectivity index (χ4v) is 1.43. The van der Waals surface area contributed by atoms with Crippen molar-refractivity contribution in [1.82, 2.24) is 4.98 Å². The number of hydrogen-bond acceptors (Lipinski definition) is 3. The second-order valence-corrected chi connectivity index (χ2v) is 3.44. The van der Waals surface area contributed by atoms with Gasteiger partial charge in [-0.15, -0.1) is 0 Å². The van der Waals surface area contributed by atoms with Crippen molar-refractivity contribution in [1.29, 1.82) is 0 Å². The fraction of sp³-hybridized carbons (Fsp3) is 0.0769. The smallest absolute Gasteiger partial charge is 0.341 e. The van der Waals surface area contributed by atoms with Gasteiger partial charge in [-0.1, -0.05) is 12.1 Å². The Kier molecular flexibility index (Phi) is 3.35. The van der Waals surface area contributed by atoms with E-state index >= 15 is 0 Å². The Hall–Kier alpha value is -2.36. The second kappa shape index (κ2) is 5.12. The van der Waals surface area contributed by atoms with Crippen LogP contribution in [0.25, 0.3) is 11.1 Å². The van der Waals surface area contributed by atoms with Gasteiger partial charge in [0, 0.05) is 12.4 Å². The van der Waals surface area contributed by atoms with Crippen molar-refractivity contribution in [3.8, 4) is 16.9 Å². The summed E-state index contributed by atoms with van der Waals surface area (Å²) in [6, 6.07) is 11.1. The summed E-state index contributed by atoms with van der Waals surface area (Å²) >= 11 is 0. The van der Waals surface area contributed by atoms with Gasteiger partial charge in [-0.05, 0) is 35.4 Å². The molecule has 0 fully saturated rings. The fourth-order valence-electron chi connectivity index (χ4n) is 1.43. The number of rotatable bonds is 4. The normalized spacial score (nSPS) is 9.88. The quantitative estimate of drug-likeness (QED) is 0.873. The maximum atomic E-state index is 10.3. The summed E-state index contributed by atoms with van der Waals surface area (Å²) in [5, 5.41) is 8.48. The number of hydrogen-bond donors (Lipinski definition) is 1. The van der Waals surface area contributed by atoms with Crippen molar-refractivity contribution in [2.45, 2.75) is 0 Å². The van der Waals surface area contributed by atoms with Crippen LogP contribution in [0.2, 0.25) is 0 Å². The standard InChI is InChI=1S/C13H11NO3/c15-13(16)9-17-12-3-1-10(2-4-12)11-5-7-14-8-6-11/h1-8H,9H2,(H,15,16). The Morgan fingerprint density at radius 2 is 1.65 bits per heavy atom. The predicted octanol–water partition coefficient (Wildman–Crippen LogP) is 2.21. The first-order chi connectivity index (χ1) is 8.25. The average Bonchev–Trinajstić information content (AvgIpc) is 2.38. The zero-order chi connectivity index (χ0) is 12.1. The minimum atomic E-state index is -0.983. The Labute approximate surface area is 98.5 Å². The molecule has 0 atom stereocenters. The molecule has 1 N–H and O–H groups in total. The van der Waals surface area contributed by atoms with Gasteiger partial charge in [0.1, 0.15) is 5.75 Å². The summed E-state index contributed by atoms with van der Waals surface area (Å²) < 4.78 is 5.05. The van der Waals surface area contributed by atoms with Gasteiger partial charge in [-0.25, -0.2) is 4.79 Å². The van der Waals surface area contributed by atoms with Gasteiger partial charge in [0.05, 0.1) is 0 Å². The molecular formula is C13H11NO3. The molecule has 0 radical (unpaired) electrons. The van der Waals surface area contributed by atoms with E-state index in [9.17, 15) is 4.79 Å². The molecule has 2 rings (SSSR count). The van der Waals surface area contributed by atoms with Crippen LogP contribution in [0.3, 0.4) is 0 Å². The number of ether oxygens (including phenoxy) is 1. The Morgan fingerprint density at radius 1 is 1.06 bits per heavy atom. The summed E-state index contributed by atoms with van der Waals surface area (Å²) in [6.07, 6.45) is 3.45. The van der Waals surface area contributed by atoms with Crippen LogP contribution < -0.4 is 4.74 Å². The van der Waals surface area contributed by atoms with E-state index in [1.807, 2.05) is 24.3 Å². The molecule has 0 saturated heterocycles. The summed E-state index contributed by atoms with van der Waals surface area (Å²) in [4.78, 5) is 14.3. The monoisotopic (exact) mass is 229 g/mol. The summed E-state index contributed by atoms with van der Waals surface area (Å²) in [5.74, 6) is -0.437. The van der Waals surface area contributed by atoms with Crippen LogP contribution >= 0.6 is 0 Å². The van der Waals surface area contributed by atoms with Gasteiger partial charge in [0.25, 0.3) is 0 Å². The molecule has 0 spiro atoms. The molecule has 4 heteroatoms. The topological polar surface area (TPSA) is 59.4 Å². The number of carbonyl (C=O) groups is 1. The molecule has 0 bridgehead atoms. The molecule has 2 aromatic rings. The molecule has 0 aliphatic carbocycles. The molecule has 17 heavy (non-hydrogen) atoms. The molecule has 0 amide bonds. The highest BCUT2D eigenvalue weighted by Crippen LogP contribution is 2.21. The molecule has 0 aliphatic heterocycles. The minimum Gasteiger partial charge on any atom is -0.482 e. The van der Waals surface area contributed by atoms with E-state index in [2.05, 4.69) is 4.98 Å². The van der Waals surface area contributed by atoms with Crippen LogP contribution in [0.1, 0.15) is 0 Å². The molecule has 86 valence electrons. The van der Waals surface area contributed by atoms with Crippen molar-refractivity contribution < 1.29 is 14.6 Å². The number of carboxylic acids is 1. The molecular weight excluding hydrogens is 218 g/mol. The first-order valence-electron chi connectivity index (χ1n) is 5.11. The lowest BCUT2D eigenvalue weighted by molar-refractivity contribution is -0.139. The second-order valence-electron chi connectivity index (χ2n) is 3.44. The third-order valence-corrected chi connectivity index (χ3v) is 2.23. The predicted molar refractivity (Wildman–Crippen MR) is 62.8 cm³/mol. The van der Waals surface area contributed by atoms with Crippen LogP contribution in [-0.4, -0.2) is 22.7 Å². The maximum absolute atomic E-state index is 10.3. The molecule has 0 saturated carbocycles. The van der Waals surface area contributed by atoms with Crippen molar-refractivity contribution >= 4 is 5.97 Å². The third-order valence-electron chi connectivity index (χ3n) is 2.23. The number of aliphatic carboxylic acids is 1. The molecule has 0 aliphatic rings. The first kappa shape index (κ1) is 11.1. The summed E-state index contributed by atoms with van der Waals surface area (Å²) in [7, 11) is 0. The van der Waals surface area contributed by atoms with E-state index in [4.69, 9.17) is 9.84 Å². The average molecular weight is 229 g/mol. The van der Waals surface area contributed by atoms with Crippen LogP contribution in [-0.2, 0) is 4.79 Å². The van der Waals surface area contributed by atoms with Gasteiger partial charge < -0.3 is 9.84 Å². The summed E-state index contributed by atoms with van der Waals surface area (Å²) in [6.45, 7) is -0.325. The first-order valence-corrected chi connectivity index (χ1v) is 5.11. The zero-order valence-electron chi connectivity index (χ0n) is 9.04. The van der Waals surface area contributed by atoms with Crippen molar-refractivity contribution in [2.24, 2.45) is 0 Å². The zero-order valence-corrected chi connectivity index (χ0v) is 9.04. The van der Waals surface area contributed by atoms with Crippen molar-refractivity contribution in [2.75, 3.05) is 6.61 Å². The molecule has 1 aromatic carbocycles. The lowest BCUT2D eigenvalue weighted by Gasteiger charge is -2.05. The summed E-state index contributed by atoms with van der Waals surface area (Å²) in [5.41, 5.74) is 2.10. The van der Waals surface area contributed by atoms with Crippen molar-refractivity contribution in [3.63, 3.8) is 0 Å². The maximum Gasteiger partial charge on any atom is 0.341 e. The Balaban J connectivity index is 2.11. The number of carboxylic acid groups (broad SMARTS) is 1. The highest BCUT2D eigenvalue weighted by molar-refractivity contribution is 5.68. The number of nitrogens with zero attached hydrogens (tertiary/aromatic N) is 1. The number of benzene rings is 1. The lowest BCUT2D eigenvalue weighted by Crippen LogP contribution is -2.09. The molecule has 1 aromatic heterocycles. The highest BCUT2D eigenvalue weighted by atomic mass is 16.5. The van der Waals surface area contributed by atoms with Gasteiger partial charge in [0.2, 0.25) is 0 Å². The van der Waals surface area contributed by atoms with Gasteiger partial charge in [-0.2, -0.15) is 0 Å². The Bertz CT molecular complexity index is 494. The van der Waals surface area contributed by atoms with Gasteiger partial charge >= 0.3 is 5.97 Å². The van der Waals surface area contributed by atoms with E-state index in [0.29, 0.717) is 5.75 Å². The molecule has 4 nitrogen and oxygen atoms in total. The van der Waals surface area contributed by atoms with Gasteiger partial charge in [0.15, 0.2) is 6.61 Å². The van der Waals surface area contributed by atoms with E-state index in [1.54, 1.807) is 24.5 Å². The number of pyridine rings is 1. The number of aromatic nitrogens is 1. The van der Waals surface area contributed by atoms with Crippen LogP contribution in [0.5, 0.6) is 5.75 Å². The van der Waals surface area contributed by atoms with E-state index in [-0.39, 0.29) is 6.61 Å². The van der Waals surface area contributed by atoms with Crippen molar-refractivity contribution in [3.05, 3.63) is 48.8 Å². The highest BCUT2D eigenvalue weighted by Gasteiger charge is 2.00. The van der Waals surface area contributed by atoms with E-state index in [0.717, 1.165) is 11.1 Å². The third kappa shape index (κ3) is 3.04. The largest absolute Gasteiger partial charge is 0.482 e.